The molecule has 0 saturated carbocycles. The molecule has 0 N–H and O–H groups in total. The van der Waals surface area contributed by atoms with Gasteiger partial charge in [0, 0.05) is 18.5 Å². The second-order valence-corrected chi connectivity index (χ2v) is 8.37. The topological polar surface area (TPSA) is 46.8 Å². The summed E-state index contributed by atoms with van der Waals surface area (Å²) >= 11 is 1.66. The van der Waals surface area contributed by atoms with Gasteiger partial charge in [-0.3, -0.25) is 0 Å². The standard InChI is InChI=1S/C17H21N5S/c1-11-19-20-16(23-11)21-9-12(10-21)22-14-8-6-5-7-13(14)18-15(22)17(2,3)4/h5-8,12H,9-10H2,1-4H3. The summed E-state index contributed by atoms with van der Waals surface area (Å²) in [5.74, 6) is 1.16. The molecule has 5 nitrogen and oxygen atoms in total. The molecule has 6 heteroatoms. The van der Waals surface area contributed by atoms with E-state index in [0.29, 0.717) is 6.04 Å². The molecule has 23 heavy (non-hydrogen) atoms. The van der Waals surface area contributed by atoms with Crippen molar-refractivity contribution < 1.29 is 0 Å². The molecule has 3 heterocycles. The molecule has 1 saturated heterocycles. The fourth-order valence-corrected chi connectivity index (χ4v) is 3.84. The molecule has 3 aromatic rings. The lowest BCUT2D eigenvalue weighted by atomic mass is 9.94. The quantitative estimate of drug-likeness (QED) is 0.722. The molecular formula is C17H21N5S. The maximum Gasteiger partial charge on any atom is 0.208 e. The Morgan fingerprint density at radius 3 is 2.52 bits per heavy atom. The summed E-state index contributed by atoms with van der Waals surface area (Å²) < 4.78 is 2.43. The van der Waals surface area contributed by atoms with Crippen LogP contribution in [0, 0.1) is 6.92 Å². The Morgan fingerprint density at radius 1 is 1.13 bits per heavy atom. The zero-order valence-electron chi connectivity index (χ0n) is 13.9. The Labute approximate surface area is 140 Å². The molecule has 2 aromatic heterocycles. The van der Waals surface area contributed by atoms with Crippen LogP contribution in [0.5, 0.6) is 0 Å². The molecule has 1 aliphatic rings. The normalized spacial score (nSPS) is 16.1. The third-order valence-electron chi connectivity index (χ3n) is 4.28. The molecule has 1 aliphatic heterocycles. The molecule has 1 fully saturated rings. The third-order valence-corrected chi connectivity index (χ3v) is 5.18. The van der Waals surface area contributed by atoms with Gasteiger partial charge in [0.05, 0.1) is 17.1 Å². The van der Waals surface area contributed by atoms with E-state index < -0.39 is 0 Å². The van der Waals surface area contributed by atoms with Gasteiger partial charge in [0.25, 0.3) is 0 Å². The van der Waals surface area contributed by atoms with Crippen molar-refractivity contribution >= 4 is 27.5 Å². The van der Waals surface area contributed by atoms with Crippen LogP contribution in [-0.2, 0) is 5.41 Å². The number of nitrogens with zero attached hydrogens (tertiary/aromatic N) is 5. The first-order valence-electron chi connectivity index (χ1n) is 7.96. The van der Waals surface area contributed by atoms with Crippen LogP contribution in [0.2, 0.25) is 0 Å². The minimum atomic E-state index is 0.0266. The lowest BCUT2D eigenvalue weighted by Gasteiger charge is -2.41. The van der Waals surface area contributed by atoms with Crippen molar-refractivity contribution in [1.82, 2.24) is 19.7 Å². The van der Waals surface area contributed by atoms with E-state index in [-0.39, 0.29) is 5.41 Å². The maximum absolute atomic E-state index is 4.91. The van der Waals surface area contributed by atoms with Crippen LogP contribution >= 0.6 is 11.3 Å². The van der Waals surface area contributed by atoms with Crippen molar-refractivity contribution in [1.29, 1.82) is 0 Å². The SMILES string of the molecule is Cc1nnc(N2CC(n3c(C(C)(C)C)nc4ccccc43)C2)s1. The molecule has 0 radical (unpaired) electrons. The molecular weight excluding hydrogens is 306 g/mol. The van der Waals surface area contributed by atoms with Gasteiger partial charge in [-0.25, -0.2) is 4.98 Å². The van der Waals surface area contributed by atoms with Crippen molar-refractivity contribution in [2.75, 3.05) is 18.0 Å². The Morgan fingerprint density at radius 2 is 1.87 bits per heavy atom. The lowest BCUT2D eigenvalue weighted by molar-refractivity contribution is 0.373. The van der Waals surface area contributed by atoms with E-state index >= 15 is 0 Å². The lowest BCUT2D eigenvalue weighted by Crippen LogP contribution is -2.48. The Balaban J connectivity index is 1.69. The number of benzene rings is 1. The molecule has 1 aromatic carbocycles. The highest BCUT2D eigenvalue weighted by molar-refractivity contribution is 7.15. The number of hydrogen-bond donors (Lipinski definition) is 0. The van der Waals surface area contributed by atoms with Gasteiger partial charge in [0.1, 0.15) is 10.8 Å². The summed E-state index contributed by atoms with van der Waals surface area (Å²) in [5.41, 5.74) is 2.34. The number of anilines is 1. The number of rotatable bonds is 2. The smallest absolute Gasteiger partial charge is 0.208 e. The highest BCUT2D eigenvalue weighted by Crippen LogP contribution is 2.35. The molecule has 120 valence electrons. The van der Waals surface area contributed by atoms with Crippen LogP contribution < -0.4 is 4.90 Å². The molecule has 0 amide bonds. The number of fused-ring (bicyclic) bond motifs is 1. The molecule has 0 spiro atoms. The van der Waals surface area contributed by atoms with Crippen LogP contribution in [0.3, 0.4) is 0 Å². The van der Waals surface area contributed by atoms with E-state index in [9.17, 15) is 0 Å². The van der Waals surface area contributed by atoms with Crippen molar-refractivity contribution in [3.63, 3.8) is 0 Å². The summed E-state index contributed by atoms with van der Waals surface area (Å²) in [6.07, 6.45) is 0. The van der Waals surface area contributed by atoms with E-state index in [4.69, 9.17) is 4.98 Å². The number of aryl methyl sites for hydroxylation is 1. The summed E-state index contributed by atoms with van der Waals surface area (Å²) in [6.45, 7) is 10.6. The second kappa shape index (κ2) is 5.03. The summed E-state index contributed by atoms with van der Waals surface area (Å²) in [7, 11) is 0. The van der Waals surface area contributed by atoms with Gasteiger partial charge in [-0.2, -0.15) is 0 Å². The summed E-state index contributed by atoms with van der Waals surface area (Å²) in [5, 5.41) is 10.4. The van der Waals surface area contributed by atoms with Gasteiger partial charge >= 0.3 is 0 Å². The number of imidazole rings is 1. The van der Waals surface area contributed by atoms with Gasteiger partial charge in [-0.05, 0) is 19.1 Å². The van der Waals surface area contributed by atoms with Gasteiger partial charge in [-0.15, -0.1) is 10.2 Å². The minimum Gasteiger partial charge on any atom is -0.342 e. The average molecular weight is 327 g/mol. The van der Waals surface area contributed by atoms with E-state index in [1.54, 1.807) is 11.3 Å². The van der Waals surface area contributed by atoms with Crippen LogP contribution in [0.4, 0.5) is 5.13 Å². The predicted molar refractivity (Wildman–Crippen MR) is 94.3 cm³/mol. The average Bonchev–Trinajstić information content (AvgIpc) is 3.02. The van der Waals surface area contributed by atoms with Crippen molar-refractivity contribution in [3.8, 4) is 0 Å². The largest absolute Gasteiger partial charge is 0.342 e. The number of aromatic nitrogens is 4. The monoisotopic (exact) mass is 327 g/mol. The zero-order valence-corrected chi connectivity index (χ0v) is 14.8. The molecule has 0 bridgehead atoms. The van der Waals surface area contributed by atoms with Gasteiger partial charge in [-0.1, -0.05) is 44.2 Å². The first-order valence-corrected chi connectivity index (χ1v) is 8.77. The summed E-state index contributed by atoms with van der Waals surface area (Å²) in [6, 6.07) is 8.88. The van der Waals surface area contributed by atoms with E-state index in [2.05, 4.69) is 64.7 Å². The summed E-state index contributed by atoms with van der Waals surface area (Å²) in [4.78, 5) is 7.21. The van der Waals surface area contributed by atoms with E-state index in [1.807, 2.05) is 6.92 Å². The zero-order chi connectivity index (χ0) is 16.2. The maximum atomic E-state index is 4.91. The molecule has 4 rings (SSSR count). The number of para-hydroxylation sites is 2. The molecule has 0 aliphatic carbocycles. The van der Waals surface area contributed by atoms with Crippen LogP contribution in [0.15, 0.2) is 24.3 Å². The fraction of sp³-hybridized carbons (Fsp3) is 0.471. The Hall–Kier alpha value is -1.95. The van der Waals surface area contributed by atoms with Crippen molar-refractivity contribution in [2.24, 2.45) is 0 Å². The third kappa shape index (κ3) is 2.41. The van der Waals surface area contributed by atoms with Crippen LogP contribution in [0.25, 0.3) is 11.0 Å². The van der Waals surface area contributed by atoms with E-state index in [1.165, 1.54) is 5.52 Å². The van der Waals surface area contributed by atoms with Gasteiger partial charge in [0.15, 0.2) is 0 Å². The van der Waals surface area contributed by atoms with Crippen LogP contribution in [-0.4, -0.2) is 32.8 Å². The predicted octanol–water partition coefficient (Wildman–Crippen LogP) is 3.56. The fourth-order valence-electron chi connectivity index (χ4n) is 3.13. The Bertz CT molecular complexity index is 851. The van der Waals surface area contributed by atoms with Crippen molar-refractivity contribution in [2.45, 2.75) is 39.2 Å². The van der Waals surface area contributed by atoms with Gasteiger partial charge in [0.2, 0.25) is 5.13 Å². The van der Waals surface area contributed by atoms with Crippen LogP contribution in [0.1, 0.15) is 37.6 Å². The minimum absolute atomic E-state index is 0.0266. The first kappa shape index (κ1) is 14.6. The van der Waals surface area contributed by atoms with Crippen molar-refractivity contribution in [3.05, 3.63) is 35.1 Å². The highest BCUT2D eigenvalue weighted by atomic mass is 32.1. The molecule has 0 atom stereocenters. The number of hydrogen-bond acceptors (Lipinski definition) is 5. The second-order valence-electron chi connectivity index (χ2n) is 7.21. The van der Waals surface area contributed by atoms with Gasteiger partial charge < -0.3 is 9.47 Å². The first-order chi connectivity index (χ1) is 10.9. The highest BCUT2D eigenvalue weighted by Gasteiger charge is 2.35. The molecule has 0 unspecified atom stereocenters. The Kier molecular flexibility index (Phi) is 3.20. The van der Waals surface area contributed by atoms with E-state index in [0.717, 1.165) is 34.6 Å².